The van der Waals surface area contributed by atoms with Crippen molar-refractivity contribution in [3.8, 4) is 0 Å². The van der Waals surface area contributed by atoms with Crippen LogP contribution >= 0.6 is 15.9 Å². The fourth-order valence-electron chi connectivity index (χ4n) is 3.02. The second-order valence-corrected chi connectivity index (χ2v) is 6.91. The quantitative estimate of drug-likeness (QED) is 0.767. The van der Waals surface area contributed by atoms with E-state index in [1.807, 2.05) is 24.3 Å². The summed E-state index contributed by atoms with van der Waals surface area (Å²) < 4.78 is 3.34. The van der Waals surface area contributed by atoms with Gasteiger partial charge >= 0.3 is 5.69 Å². The molecule has 0 radical (unpaired) electrons. The fraction of sp³-hybridized carbons (Fsp3) is 0.312. The Hall–Kier alpha value is -2.55. The van der Waals surface area contributed by atoms with Crippen molar-refractivity contribution in [3.05, 3.63) is 55.1 Å². The van der Waals surface area contributed by atoms with Crippen LogP contribution in [0.5, 0.6) is 0 Å². The Bertz CT molecular complexity index is 965. The van der Waals surface area contributed by atoms with E-state index >= 15 is 0 Å². The van der Waals surface area contributed by atoms with Crippen LogP contribution in [-0.4, -0.2) is 21.2 Å². The Kier molecular flexibility index (Phi) is 4.42. The third kappa shape index (κ3) is 3.07. The molecule has 1 aliphatic heterocycles. The highest BCUT2D eigenvalue weighted by Crippen LogP contribution is 2.32. The van der Waals surface area contributed by atoms with Gasteiger partial charge in [0.05, 0.1) is 6.42 Å². The van der Waals surface area contributed by atoms with Crippen molar-refractivity contribution in [2.75, 3.05) is 10.2 Å². The number of nitrogens with two attached hydrogens (primary N) is 1. The van der Waals surface area contributed by atoms with E-state index in [1.165, 1.54) is 11.6 Å². The number of carbonyl (C=O) groups excluding carboxylic acids is 1. The topological polar surface area (TPSA) is 102 Å². The maximum Gasteiger partial charge on any atom is 0.332 e. The second-order valence-electron chi connectivity index (χ2n) is 5.99. The van der Waals surface area contributed by atoms with Crippen LogP contribution in [0.2, 0.25) is 0 Å². The van der Waals surface area contributed by atoms with E-state index in [9.17, 15) is 14.4 Å². The van der Waals surface area contributed by atoms with Crippen molar-refractivity contribution in [1.29, 1.82) is 0 Å². The van der Waals surface area contributed by atoms with Gasteiger partial charge in [-0.25, -0.2) is 4.79 Å². The average Bonchev–Trinajstić information content (AvgIpc) is 2.89. The maximum absolute atomic E-state index is 12.7. The molecule has 3 rings (SSSR count). The zero-order valence-electron chi connectivity index (χ0n) is 13.8. The predicted molar refractivity (Wildman–Crippen MR) is 98.5 cm³/mol. The van der Waals surface area contributed by atoms with E-state index in [2.05, 4.69) is 21.2 Å². The summed E-state index contributed by atoms with van der Waals surface area (Å²) in [6, 6.07) is 7.66. The average molecular weight is 408 g/mol. The number of primary amides is 1. The molecule has 0 bridgehead atoms. The zero-order valence-corrected chi connectivity index (χ0v) is 15.4. The highest BCUT2D eigenvalue weighted by molar-refractivity contribution is 9.10. The van der Waals surface area contributed by atoms with Crippen molar-refractivity contribution in [2.24, 2.45) is 19.8 Å². The molecule has 0 saturated heterocycles. The van der Waals surface area contributed by atoms with E-state index in [4.69, 9.17) is 5.73 Å². The van der Waals surface area contributed by atoms with Crippen LogP contribution in [0.25, 0.3) is 0 Å². The first-order valence-electron chi connectivity index (χ1n) is 7.65. The first-order valence-corrected chi connectivity index (χ1v) is 8.45. The molecule has 1 unspecified atom stereocenters. The first kappa shape index (κ1) is 17.3. The van der Waals surface area contributed by atoms with Gasteiger partial charge in [0.15, 0.2) is 0 Å². The Morgan fingerprint density at radius 3 is 2.64 bits per heavy atom. The molecule has 0 aliphatic carbocycles. The molecule has 132 valence electrons. The lowest BCUT2D eigenvalue weighted by Crippen LogP contribution is -2.41. The Morgan fingerprint density at radius 2 is 2.00 bits per heavy atom. The summed E-state index contributed by atoms with van der Waals surface area (Å²) in [5.41, 5.74) is 5.83. The number of nitrogens with one attached hydrogen (secondary N) is 1. The second kappa shape index (κ2) is 6.40. The van der Waals surface area contributed by atoms with E-state index in [0.29, 0.717) is 18.1 Å². The number of benzene rings is 1. The molecule has 1 aromatic carbocycles. The SMILES string of the molecule is Cn1c2c(c(=O)n(C)c1=O)N(Cc1cccc(Br)c1)C(CC(N)=O)N2. The number of halogens is 1. The minimum Gasteiger partial charge on any atom is -0.370 e. The molecule has 2 heterocycles. The van der Waals surface area contributed by atoms with Crippen LogP contribution < -0.4 is 27.2 Å². The van der Waals surface area contributed by atoms with Gasteiger partial charge in [-0.05, 0) is 17.7 Å². The highest BCUT2D eigenvalue weighted by Gasteiger charge is 2.35. The van der Waals surface area contributed by atoms with E-state index in [1.54, 1.807) is 11.9 Å². The number of hydrogen-bond acceptors (Lipinski definition) is 5. The predicted octanol–water partition coefficient (Wildman–Crippen LogP) is 0.480. The van der Waals surface area contributed by atoms with Gasteiger partial charge in [0.2, 0.25) is 5.91 Å². The van der Waals surface area contributed by atoms with Crippen LogP contribution in [0, 0.1) is 0 Å². The Labute approximate surface area is 152 Å². The Balaban J connectivity index is 2.12. The number of aromatic nitrogens is 2. The smallest absolute Gasteiger partial charge is 0.332 e. The van der Waals surface area contributed by atoms with Crippen molar-refractivity contribution in [3.63, 3.8) is 0 Å². The molecule has 0 fully saturated rings. The molecule has 8 nitrogen and oxygen atoms in total. The summed E-state index contributed by atoms with van der Waals surface area (Å²) in [5.74, 6) is -0.0966. The number of hydrogen-bond donors (Lipinski definition) is 2. The van der Waals surface area contributed by atoms with Crippen LogP contribution in [-0.2, 0) is 25.4 Å². The largest absolute Gasteiger partial charge is 0.370 e. The van der Waals surface area contributed by atoms with Gasteiger partial charge in [-0.2, -0.15) is 0 Å². The summed E-state index contributed by atoms with van der Waals surface area (Å²) in [6.45, 7) is 0.394. The Morgan fingerprint density at radius 1 is 1.28 bits per heavy atom. The third-order valence-electron chi connectivity index (χ3n) is 4.24. The van der Waals surface area contributed by atoms with Gasteiger partial charge < -0.3 is 16.0 Å². The van der Waals surface area contributed by atoms with Gasteiger partial charge in [0, 0.05) is 25.1 Å². The molecular formula is C16H18BrN5O3. The minimum absolute atomic E-state index is 0.0139. The van der Waals surface area contributed by atoms with Crippen LogP contribution in [0.3, 0.4) is 0 Å². The summed E-state index contributed by atoms with van der Waals surface area (Å²) in [4.78, 5) is 38.1. The fourth-order valence-corrected chi connectivity index (χ4v) is 3.46. The van der Waals surface area contributed by atoms with Crippen molar-refractivity contribution < 1.29 is 4.79 Å². The number of fused-ring (bicyclic) bond motifs is 1. The third-order valence-corrected chi connectivity index (χ3v) is 4.74. The van der Waals surface area contributed by atoms with Crippen LogP contribution in [0.15, 0.2) is 38.3 Å². The lowest BCUT2D eigenvalue weighted by Gasteiger charge is -2.25. The number of amides is 1. The lowest BCUT2D eigenvalue weighted by atomic mass is 10.2. The molecule has 1 aromatic heterocycles. The normalized spacial score (nSPS) is 15.8. The van der Waals surface area contributed by atoms with E-state index in [0.717, 1.165) is 14.6 Å². The molecule has 1 atom stereocenters. The van der Waals surface area contributed by atoms with Gasteiger partial charge in [-0.1, -0.05) is 28.1 Å². The van der Waals surface area contributed by atoms with Gasteiger partial charge in [-0.15, -0.1) is 0 Å². The van der Waals surface area contributed by atoms with E-state index in [-0.39, 0.29) is 6.42 Å². The van der Waals surface area contributed by atoms with E-state index < -0.39 is 23.3 Å². The van der Waals surface area contributed by atoms with Gasteiger partial charge in [-0.3, -0.25) is 18.7 Å². The van der Waals surface area contributed by atoms with Crippen molar-refractivity contribution >= 4 is 33.3 Å². The lowest BCUT2D eigenvalue weighted by molar-refractivity contribution is -0.118. The molecule has 1 aliphatic rings. The van der Waals surface area contributed by atoms with Crippen LogP contribution in [0.1, 0.15) is 12.0 Å². The number of carbonyl (C=O) groups is 1. The standard InChI is InChI=1S/C16H18BrN5O3/c1-20-14-13(15(24)21(2)16(20)25)22(12(19-14)7-11(18)23)8-9-4-3-5-10(17)6-9/h3-6,12,19H,7-8H2,1-2H3,(H2,18,23). The van der Waals surface area contributed by atoms with Crippen molar-refractivity contribution in [2.45, 2.75) is 19.1 Å². The molecular weight excluding hydrogens is 390 g/mol. The summed E-state index contributed by atoms with van der Waals surface area (Å²) in [5, 5.41) is 3.09. The molecule has 25 heavy (non-hydrogen) atoms. The monoisotopic (exact) mass is 407 g/mol. The summed E-state index contributed by atoms with van der Waals surface area (Å²) in [7, 11) is 3.02. The number of rotatable bonds is 4. The molecule has 1 amide bonds. The van der Waals surface area contributed by atoms with Crippen molar-refractivity contribution in [1.82, 2.24) is 9.13 Å². The number of anilines is 2. The first-order chi connectivity index (χ1) is 11.8. The van der Waals surface area contributed by atoms with Gasteiger partial charge in [0.1, 0.15) is 17.7 Å². The summed E-state index contributed by atoms with van der Waals surface area (Å²) >= 11 is 3.43. The molecule has 0 spiro atoms. The number of nitrogens with zero attached hydrogens (tertiary/aromatic N) is 3. The zero-order chi connectivity index (χ0) is 18.3. The highest BCUT2D eigenvalue weighted by atomic mass is 79.9. The molecule has 2 aromatic rings. The minimum atomic E-state index is -0.494. The van der Waals surface area contributed by atoms with Crippen LogP contribution in [0.4, 0.5) is 11.5 Å². The summed E-state index contributed by atoms with van der Waals surface area (Å²) in [6.07, 6.45) is -0.479. The maximum atomic E-state index is 12.7. The molecule has 0 saturated carbocycles. The molecule has 9 heteroatoms. The van der Waals surface area contributed by atoms with Gasteiger partial charge in [0.25, 0.3) is 5.56 Å². The molecule has 3 N–H and O–H groups in total.